The maximum absolute atomic E-state index is 13.9. The first kappa shape index (κ1) is 21.9. The lowest BCUT2D eigenvalue weighted by atomic mass is 9.94. The first-order valence-electron chi connectivity index (χ1n) is 9.58. The van der Waals surface area contributed by atoms with Gasteiger partial charge in [0.15, 0.2) is 5.96 Å². The van der Waals surface area contributed by atoms with Crippen LogP contribution in [0.3, 0.4) is 0 Å². The van der Waals surface area contributed by atoms with E-state index in [4.69, 9.17) is 4.42 Å². The van der Waals surface area contributed by atoms with Crippen LogP contribution in [0, 0.1) is 5.82 Å². The van der Waals surface area contributed by atoms with E-state index < -0.39 is 0 Å². The lowest BCUT2D eigenvalue weighted by molar-refractivity contribution is 0.379. The molecule has 0 saturated heterocycles. The molecule has 0 bridgehead atoms. The summed E-state index contributed by atoms with van der Waals surface area (Å²) >= 11 is 0. The molecule has 0 aliphatic carbocycles. The molecular weight excluding hydrogens is 357 g/mol. The van der Waals surface area contributed by atoms with Crippen molar-refractivity contribution in [1.29, 1.82) is 0 Å². The number of nitrogens with one attached hydrogen (secondary N) is 2. The fraction of sp³-hybridized carbons (Fsp3) is 0.524. The number of rotatable bonds is 7. The van der Waals surface area contributed by atoms with Gasteiger partial charge in [0.05, 0.1) is 19.3 Å². The quantitative estimate of drug-likeness (QED) is 0.561. The van der Waals surface area contributed by atoms with Crippen LogP contribution in [0.1, 0.15) is 50.5 Å². The maximum atomic E-state index is 13.9. The van der Waals surface area contributed by atoms with Crippen molar-refractivity contribution >= 4 is 5.96 Å². The minimum Gasteiger partial charge on any atom is -0.443 e. The van der Waals surface area contributed by atoms with Gasteiger partial charge in [0.25, 0.3) is 0 Å². The summed E-state index contributed by atoms with van der Waals surface area (Å²) in [6, 6.07) is 5.14. The molecule has 0 fully saturated rings. The van der Waals surface area contributed by atoms with Crippen molar-refractivity contribution < 1.29 is 8.81 Å². The Morgan fingerprint density at radius 3 is 2.61 bits per heavy atom. The maximum Gasteiger partial charge on any atom is 0.213 e. The monoisotopic (exact) mass is 389 g/mol. The van der Waals surface area contributed by atoms with Crippen molar-refractivity contribution in [2.45, 2.75) is 52.7 Å². The van der Waals surface area contributed by atoms with E-state index >= 15 is 0 Å². The second-order valence-corrected chi connectivity index (χ2v) is 8.08. The molecule has 0 radical (unpaired) electrons. The number of nitrogens with zero attached hydrogens (tertiary/aromatic N) is 3. The van der Waals surface area contributed by atoms with Gasteiger partial charge in [-0.1, -0.05) is 26.8 Å². The highest BCUT2D eigenvalue weighted by Gasteiger charge is 2.19. The fourth-order valence-electron chi connectivity index (χ4n) is 2.60. The van der Waals surface area contributed by atoms with Gasteiger partial charge in [0, 0.05) is 24.1 Å². The number of guanidine groups is 1. The van der Waals surface area contributed by atoms with Gasteiger partial charge in [-0.15, -0.1) is 0 Å². The normalized spacial score (nSPS) is 12.5. The van der Waals surface area contributed by atoms with Crippen LogP contribution in [-0.2, 0) is 25.0 Å². The van der Waals surface area contributed by atoms with E-state index in [1.54, 1.807) is 12.3 Å². The van der Waals surface area contributed by atoms with Crippen molar-refractivity contribution in [3.63, 3.8) is 0 Å². The first-order chi connectivity index (χ1) is 13.2. The minimum absolute atomic E-state index is 0.0727. The molecule has 1 heterocycles. The molecule has 1 aromatic heterocycles. The van der Waals surface area contributed by atoms with Crippen LogP contribution in [0.25, 0.3) is 0 Å². The average Bonchev–Trinajstić information content (AvgIpc) is 3.09. The lowest BCUT2D eigenvalue weighted by Gasteiger charge is -2.13. The summed E-state index contributed by atoms with van der Waals surface area (Å²) < 4.78 is 19.7. The molecule has 2 rings (SSSR count). The number of benzene rings is 1. The van der Waals surface area contributed by atoms with Gasteiger partial charge in [-0.3, -0.25) is 0 Å². The van der Waals surface area contributed by atoms with E-state index in [2.05, 4.69) is 41.4 Å². The molecule has 0 aliphatic rings. The SMILES string of the molecule is CCNC(=NCc1ccc(F)c(CN(C)C)c1)NCc1ncc(C(C)(C)C)o1. The van der Waals surface area contributed by atoms with Crippen LogP contribution >= 0.6 is 0 Å². The van der Waals surface area contributed by atoms with Crippen LogP contribution in [0.5, 0.6) is 0 Å². The van der Waals surface area contributed by atoms with Crippen molar-refractivity contribution in [3.05, 3.63) is 53.0 Å². The Morgan fingerprint density at radius 2 is 2.00 bits per heavy atom. The van der Waals surface area contributed by atoms with E-state index in [9.17, 15) is 4.39 Å². The Bertz CT molecular complexity index is 792. The molecule has 0 atom stereocenters. The second-order valence-electron chi connectivity index (χ2n) is 8.08. The predicted octanol–water partition coefficient (Wildman–Crippen LogP) is 3.43. The average molecular weight is 390 g/mol. The van der Waals surface area contributed by atoms with E-state index in [1.165, 1.54) is 6.07 Å². The lowest BCUT2D eigenvalue weighted by Crippen LogP contribution is -2.36. The zero-order chi connectivity index (χ0) is 20.7. The molecule has 7 heteroatoms. The van der Waals surface area contributed by atoms with Crippen molar-refractivity contribution in [1.82, 2.24) is 20.5 Å². The topological polar surface area (TPSA) is 65.7 Å². The summed E-state index contributed by atoms with van der Waals surface area (Å²) in [5.41, 5.74) is 1.56. The van der Waals surface area contributed by atoms with E-state index in [-0.39, 0.29) is 11.2 Å². The summed E-state index contributed by atoms with van der Waals surface area (Å²) in [6.07, 6.45) is 1.77. The molecule has 2 aromatic rings. The molecule has 28 heavy (non-hydrogen) atoms. The Hall–Kier alpha value is -2.41. The number of aromatic nitrogens is 1. The highest BCUT2D eigenvalue weighted by molar-refractivity contribution is 5.79. The molecule has 6 nitrogen and oxygen atoms in total. The Balaban J connectivity index is 2.03. The number of hydrogen-bond donors (Lipinski definition) is 2. The zero-order valence-corrected chi connectivity index (χ0v) is 17.8. The standard InChI is InChI=1S/C21H32FN5O/c1-7-23-20(26-13-19-24-12-18(28-19)21(2,3)4)25-11-15-8-9-17(22)16(10-15)14-27(5)6/h8-10,12H,7,11,13-14H2,1-6H3,(H2,23,25,26). The van der Waals surface area contributed by atoms with Gasteiger partial charge in [-0.05, 0) is 38.7 Å². The number of aliphatic imine (C=N–C) groups is 1. The zero-order valence-electron chi connectivity index (χ0n) is 17.8. The molecular formula is C21H32FN5O. The third kappa shape index (κ3) is 6.64. The molecule has 154 valence electrons. The molecule has 1 aromatic carbocycles. The van der Waals surface area contributed by atoms with Gasteiger partial charge in [-0.25, -0.2) is 14.4 Å². The third-order valence-electron chi connectivity index (χ3n) is 4.06. The van der Waals surface area contributed by atoms with Crippen molar-refractivity contribution in [2.24, 2.45) is 4.99 Å². The summed E-state index contributed by atoms with van der Waals surface area (Å²) in [5.74, 6) is 1.94. The van der Waals surface area contributed by atoms with Crippen LogP contribution in [0.2, 0.25) is 0 Å². The van der Waals surface area contributed by atoms with Crippen LogP contribution in [-0.4, -0.2) is 36.5 Å². The van der Waals surface area contributed by atoms with E-state index in [0.717, 1.165) is 17.9 Å². The molecule has 0 aliphatic heterocycles. The van der Waals surface area contributed by atoms with Crippen LogP contribution in [0.4, 0.5) is 4.39 Å². The highest BCUT2D eigenvalue weighted by atomic mass is 19.1. The molecule has 0 spiro atoms. The molecule has 2 N–H and O–H groups in total. The van der Waals surface area contributed by atoms with Gasteiger partial charge in [0.2, 0.25) is 5.89 Å². The fourth-order valence-corrected chi connectivity index (χ4v) is 2.60. The summed E-state index contributed by atoms with van der Waals surface area (Å²) in [4.78, 5) is 10.9. The summed E-state index contributed by atoms with van der Waals surface area (Å²) in [6.45, 7) is 10.5. The third-order valence-corrected chi connectivity index (χ3v) is 4.06. The predicted molar refractivity (Wildman–Crippen MR) is 111 cm³/mol. The van der Waals surface area contributed by atoms with Crippen LogP contribution in [0.15, 0.2) is 33.8 Å². The van der Waals surface area contributed by atoms with Gasteiger partial charge in [-0.2, -0.15) is 0 Å². The largest absolute Gasteiger partial charge is 0.443 e. The Kier molecular flexibility index (Phi) is 7.57. The molecule has 0 unspecified atom stereocenters. The second kappa shape index (κ2) is 9.68. The van der Waals surface area contributed by atoms with E-state index in [0.29, 0.717) is 37.0 Å². The highest BCUT2D eigenvalue weighted by Crippen LogP contribution is 2.22. The van der Waals surface area contributed by atoms with Gasteiger partial charge >= 0.3 is 0 Å². The molecule has 0 saturated carbocycles. The number of halogens is 1. The van der Waals surface area contributed by atoms with Crippen molar-refractivity contribution in [3.8, 4) is 0 Å². The number of oxazole rings is 1. The van der Waals surface area contributed by atoms with Crippen LogP contribution < -0.4 is 10.6 Å². The Labute approximate surface area is 167 Å². The van der Waals surface area contributed by atoms with Crippen molar-refractivity contribution in [2.75, 3.05) is 20.6 Å². The smallest absolute Gasteiger partial charge is 0.213 e. The summed E-state index contributed by atoms with van der Waals surface area (Å²) in [7, 11) is 3.84. The summed E-state index contributed by atoms with van der Waals surface area (Å²) in [5, 5.41) is 6.44. The van der Waals surface area contributed by atoms with E-state index in [1.807, 2.05) is 32.0 Å². The molecule has 0 amide bonds. The number of hydrogen-bond acceptors (Lipinski definition) is 4. The minimum atomic E-state index is -0.190. The Morgan fingerprint density at radius 1 is 1.25 bits per heavy atom. The van der Waals surface area contributed by atoms with Gasteiger partial charge in [0.1, 0.15) is 11.6 Å². The van der Waals surface area contributed by atoms with Gasteiger partial charge < -0.3 is 20.0 Å². The first-order valence-corrected chi connectivity index (χ1v) is 9.58.